The van der Waals surface area contributed by atoms with Crippen molar-refractivity contribution in [3.8, 4) is 0 Å². The summed E-state index contributed by atoms with van der Waals surface area (Å²) in [5.74, 6) is -0.222. The third-order valence-electron chi connectivity index (χ3n) is 2.77. The van der Waals surface area contributed by atoms with Crippen LogP contribution in [-0.2, 0) is 16.1 Å². The second kappa shape index (κ2) is 5.59. The summed E-state index contributed by atoms with van der Waals surface area (Å²) in [5, 5.41) is 3.69. The van der Waals surface area contributed by atoms with E-state index in [-0.39, 0.29) is 18.4 Å². The molecule has 2 rings (SSSR count). The number of carbonyl (C=O) groups excluding carboxylic acids is 2. The Balaban J connectivity index is 2.14. The van der Waals surface area contributed by atoms with Crippen LogP contribution in [0.15, 0.2) is 18.2 Å². The number of rotatable bonds is 2. The Morgan fingerprint density at radius 1 is 1.28 bits per heavy atom. The zero-order chi connectivity index (χ0) is 13.1. The molecule has 96 valence electrons. The first kappa shape index (κ1) is 13.2. The number of carbonyl (C=O) groups is 2. The van der Waals surface area contributed by atoms with Crippen molar-refractivity contribution in [2.24, 2.45) is 0 Å². The Morgan fingerprint density at radius 3 is 2.83 bits per heavy atom. The van der Waals surface area contributed by atoms with Gasteiger partial charge in [-0.05, 0) is 23.8 Å². The van der Waals surface area contributed by atoms with Gasteiger partial charge in [0.1, 0.15) is 0 Å². The van der Waals surface area contributed by atoms with Gasteiger partial charge in [-0.1, -0.05) is 23.2 Å². The molecule has 1 aliphatic rings. The number of nitrogens with zero attached hydrogens (tertiary/aromatic N) is 1. The summed E-state index contributed by atoms with van der Waals surface area (Å²) in [6.07, 6.45) is 0.309. The van der Waals surface area contributed by atoms with E-state index in [0.717, 1.165) is 5.56 Å². The third kappa shape index (κ3) is 3.15. The zero-order valence-corrected chi connectivity index (χ0v) is 11.1. The Bertz CT molecular complexity index is 491. The van der Waals surface area contributed by atoms with Crippen molar-refractivity contribution in [3.05, 3.63) is 33.8 Å². The van der Waals surface area contributed by atoms with Crippen molar-refractivity contribution in [3.63, 3.8) is 0 Å². The molecule has 0 aliphatic carbocycles. The third-order valence-corrected chi connectivity index (χ3v) is 3.37. The second-order valence-corrected chi connectivity index (χ2v) is 4.92. The van der Waals surface area contributed by atoms with E-state index in [2.05, 4.69) is 5.32 Å². The van der Waals surface area contributed by atoms with Crippen LogP contribution >= 0.6 is 23.2 Å². The van der Waals surface area contributed by atoms with Crippen LogP contribution in [0.2, 0.25) is 10.0 Å². The highest BCUT2D eigenvalue weighted by Crippen LogP contribution is 2.22. The standard InChI is InChI=1S/C12H12Cl2N2O2/c13-9-1-2-10(14)8(5-9)7-16-4-3-11(17)15-6-12(16)18/h1-2,5H,3-4,6-7H2,(H,15,17). The maximum Gasteiger partial charge on any atom is 0.242 e. The van der Waals surface area contributed by atoms with Gasteiger partial charge in [0.05, 0.1) is 6.54 Å². The highest BCUT2D eigenvalue weighted by Gasteiger charge is 2.20. The van der Waals surface area contributed by atoms with Gasteiger partial charge in [-0.3, -0.25) is 9.59 Å². The molecule has 0 radical (unpaired) electrons. The Kier molecular flexibility index (Phi) is 4.09. The van der Waals surface area contributed by atoms with Gasteiger partial charge in [0.15, 0.2) is 0 Å². The molecular weight excluding hydrogens is 275 g/mol. The lowest BCUT2D eigenvalue weighted by molar-refractivity contribution is -0.130. The van der Waals surface area contributed by atoms with Gasteiger partial charge in [-0.2, -0.15) is 0 Å². The van der Waals surface area contributed by atoms with E-state index in [9.17, 15) is 9.59 Å². The molecule has 0 bridgehead atoms. The number of hydrogen-bond donors (Lipinski definition) is 1. The highest BCUT2D eigenvalue weighted by molar-refractivity contribution is 6.33. The van der Waals surface area contributed by atoms with Crippen molar-refractivity contribution in [2.45, 2.75) is 13.0 Å². The second-order valence-electron chi connectivity index (χ2n) is 4.08. The van der Waals surface area contributed by atoms with E-state index in [1.54, 1.807) is 23.1 Å². The van der Waals surface area contributed by atoms with Crippen LogP contribution in [0.5, 0.6) is 0 Å². The van der Waals surface area contributed by atoms with Crippen LogP contribution in [0.25, 0.3) is 0 Å². The first-order valence-corrected chi connectivity index (χ1v) is 6.30. The van der Waals surface area contributed by atoms with E-state index in [1.165, 1.54) is 0 Å². The minimum atomic E-state index is -0.114. The summed E-state index contributed by atoms with van der Waals surface area (Å²) in [6.45, 7) is 0.803. The van der Waals surface area contributed by atoms with Crippen LogP contribution < -0.4 is 5.32 Å². The summed E-state index contributed by atoms with van der Waals surface area (Å²) in [4.78, 5) is 24.6. The predicted octanol–water partition coefficient (Wildman–Crippen LogP) is 1.84. The van der Waals surface area contributed by atoms with Gasteiger partial charge >= 0.3 is 0 Å². The zero-order valence-electron chi connectivity index (χ0n) is 9.58. The minimum absolute atomic E-state index is 0.0387. The lowest BCUT2D eigenvalue weighted by Crippen LogP contribution is -2.34. The van der Waals surface area contributed by atoms with E-state index in [4.69, 9.17) is 23.2 Å². The molecule has 1 saturated heterocycles. The average molecular weight is 287 g/mol. The number of halogens is 2. The SMILES string of the molecule is O=C1CCN(Cc2cc(Cl)ccc2Cl)C(=O)CN1. The van der Waals surface area contributed by atoms with Crippen molar-refractivity contribution in [1.29, 1.82) is 0 Å². The lowest BCUT2D eigenvalue weighted by Gasteiger charge is -2.20. The number of amides is 2. The summed E-state index contributed by atoms with van der Waals surface area (Å²) in [7, 11) is 0. The molecule has 1 heterocycles. The quantitative estimate of drug-likeness (QED) is 0.902. The highest BCUT2D eigenvalue weighted by atomic mass is 35.5. The number of nitrogens with one attached hydrogen (secondary N) is 1. The maximum atomic E-state index is 11.8. The first-order valence-electron chi connectivity index (χ1n) is 5.54. The van der Waals surface area contributed by atoms with Crippen molar-refractivity contribution in [2.75, 3.05) is 13.1 Å². The molecule has 4 nitrogen and oxygen atoms in total. The largest absolute Gasteiger partial charge is 0.347 e. The Morgan fingerprint density at radius 2 is 2.06 bits per heavy atom. The molecule has 0 unspecified atom stereocenters. The summed E-state index contributed by atoms with van der Waals surface area (Å²) in [6, 6.07) is 5.13. The number of benzene rings is 1. The molecule has 1 aromatic carbocycles. The van der Waals surface area contributed by atoms with Gasteiger partial charge < -0.3 is 10.2 Å². The molecule has 0 aromatic heterocycles. The fraction of sp³-hybridized carbons (Fsp3) is 0.333. The monoisotopic (exact) mass is 286 g/mol. The molecule has 1 fully saturated rings. The molecule has 18 heavy (non-hydrogen) atoms. The van der Waals surface area contributed by atoms with Crippen LogP contribution in [0.4, 0.5) is 0 Å². The van der Waals surface area contributed by atoms with E-state index < -0.39 is 0 Å². The fourth-order valence-electron chi connectivity index (χ4n) is 1.77. The molecule has 2 amide bonds. The van der Waals surface area contributed by atoms with E-state index in [1.807, 2.05) is 0 Å². The molecule has 1 aliphatic heterocycles. The topological polar surface area (TPSA) is 49.4 Å². The van der Waals surface area contributed by atoms with Gasteiger partial charge in [0, 0.05) is 29.6 Å². The van der Waals surface area contributed by atoms with Crippen LogP contribution in [0.1, 0.15) is 12.0 Å². The van der Waals surface area contributed by atoms with Crippen LogP contribution in [0, 0.1) is 0 Å². The summed E-state index contributed by atoms with van der Waals surface area (Å²) in [5.41, 5.74) is 0.784. The normalized spacial score (nSPS) is 16.4. The van der Waals surface area contributed by atoms with E-state index in [0.29, 0.717) is 29.6 Å². The molecular formula is C12H12Cl2N2O2. The lowest BCUT2D eigenvalue weighted by atomic mass is 10.2. The van der Waals surface area contributed by atoms with Crippen molar-refractivity contribution >= 4 is 35.0 Å². The van der Waals surface area contributed by atoms with Gasteiger partial charge in [0.25, 0.3) is 0 Å². The smallest absolute Gasteiger partial charge is 0.242 e. The molecule has 6 heteroatoms. The maximum absolute atomic E-state index is 11.8. The number of hydrogen-bond acceptors (Lipinski definition) is 2. The predicted molar refractivity (Wildman–Crippen MR) is 69.5 cm³/mol. The Labute approximate surface area is 115 Å². The average Bonchev–Trinajstić information content (AvgIpc) is 2.49. The van der Waals surface area contributed by atoms with E-state index >= 15 is 0 Å². The van der Waals surface area contributed by atoms with Crippen molar-refractivity contribution < 1.29 is 9.59 Å². The van der Waals surface area contributed by atoms with Crippen LogP contribution in [-0.4, -0.2) is 29.8 Å². The van der Waals surface area contributed by atoms with Crippen molar-refractivity contribution in [1.82, 2.24) is 10.2 Å². The molecule has 0 atom stereocenters. The first-order chi connectivity index (χ1) is 8.56. The summed E-state index contributed by atoms with van der Waals surface area (Å²) < 4.78 is 0. The summed E-state index contributed by atoms with van der Waals surface area (Å²) >= 11 is 12.0. The molecule has 1 aromatic rings. The molecule has 1 N–H and O–H groups in total. The minimum Gasteiger partial charge on any atom is -0.347 e. The van der Waals surface area contributed by atoms with Gasteiger partial charge in [0.2, 0.25) is 11.8 Å². The Hall–Kier alpha value is -1.26. The fourth-order valence-corrected chi connectivity index (χ4v) is 2.14. The van der Waals surface area contributed by atoms with Crippen LogP contribution in [0.3, 0.4) is 0 Å². The molecule has 0 saturated carbocycles. The van der Waals surface area contributed by atoms with Gasteiger partial charge in [-0.25, -0.2) is 0 Å². The van der Waals surface area contributed by atoms with Gasteiger partial charge in [-0.15, -0.1) is 0 Å². The molecule has 0 spiro atoms.